The lowest BCUT2D eigenvalue weighted by Crippen LogP contribution is -2.07. The number of rotatable bonds is 4. The molecule has 0 saturated heterocycles. The van der Waals surface area contributed by atoms with Gasteiger partial charge in [-0.05, 0) is 24.3 Å². The van der Waals surface area contributed by atoms with E-state index in [1.807, 2.05) is 0 Å². The molecule has 30 heavy (non-hydrogen) atoms. The fraction of sp³-hybridized carbons (Fsp3) is 0.0952. The number of aromatic amines is 1. The lowest BCUT2D eigenvalue weighted by Gasteiger charge is -2.11. The molecule has 5 nitrogen and oxygen atoms in total. The minimum Gasteiger partial charge on any atom is -0.464 e. The number of alkyl halides is 3. The van der Waals surface area contributed by atoms with E-state index in [4.69, 9.17) is 4.42 Å². The number of nitrogens with zero attached hydrogens (tertiary/aromatic N) is 1. The average Bonchev–Trinajstić information content (AvgIpc) is 3.37. The summed E-state index contributed by atoms with van der Waals surface area (Å²) in [7, 11) is -3.46. The Morgan fingerprint density at radius 1 is 0.900 bits per heavy atom. The topological polar surface area (TPSA) is 76.0 Å². The number of hydrogen-bond donors (Lipinski definition) is 1. The fourth-order valence-electron chi connectivity index (χ4n) is 3.14. The zero-order valence-corrected chi connectivity index (χ0v) is 16.4. The Morgan fingerprint density at radius 2 is 1.50 bits per heavy atom. The van der Waals surface area contributed by atoms with Crippen molar-refractivity contribution in [3.63, 3.8) is 0 Å². The summed E-state index contributed by atoms with van der Waals surface area (Å²) in [6, 6.07) is 15.1. The zero-order chi connectivity index (χ0) is 21.5. The van der Waals surface area contributed by atoms with Crippen LogP contribution in [0, 0.1) is 0 Å². The first-order chi connectivity index (χ1) is 14.1. The Morgan fingerprint density at radius 3 is 2.03 bits per heavy atom. The van der Waals surface area contributed by atoms with Gasteiger partial charge in [0.15, 0.2) is 9.84 Å². The Bertz CT molecular complexity index is 1270. The van der Waals surface area contributed by atoms with Crippen molar-refractivity contribution in [3.05, 3.63) is 72.5 Å². The molecular formula is C21H15F3N2O3S. The molecule has 9 heteroatoms. The first-order valence-corrected chi connectivity index (χ1v) is 10.6. The molecule has 0 saturated carbocycles. The Labute approximate surface area is 170 Å². The van der Waals surface area contributed by atoms with Gasteiger partial charge >= 0.3 is 6.18 Å². The van der Waals surface area contributed by atoms with E-state index in [2.05, 4.69) is 10.2 Å². The van der Waals surface area contributed by atoms with Crippen molar-refractivity contribution < 1.29 is 26.0 Å². The minimum absolute atomic E-state index is 0.0214. The van der Waals surface area contributed by atoms with Crippen LogP contribution in [0.3, 0.4) is 0 Å². The molecule has 0 unspecified atom stereocenters. The lowest BCUT2D eigenvalue weighted by atomic mass is 10.0. The summed E-state index contributed by atoms with van der Waals surface area (Å²) in [5.41, 5.74) is -0.193. The molecule has 0 aliphatic rings. The molecule has 4 aromatic rings. The lowest BCUT2D eigenvalue weighted by molar-refractivity contribution is -0.136. The minimum atomic E-state index is -4.67. The highest BCUT2D eigenvalue weighted by Gasteiger charge is 2.39. The average molecular weight is 432 g/mol. The second-order valence-electron chi connectivity index (χ2n) is 6.67. The van der Waals surface area contributed by atoms with Crippen LogP contribution in [-0.4, -0.2) is 24.9 Å². The maximum atomic E-state index is 13.9. The van der Waals surface area contributed by atoms with E-state index in [-0.39, 0.29) is 27.4 Å². The summed E-state index contributed by atoms with van der Waals surface area (Å²) in [6.07, 6.45) is -2.13. The molecule has 2 aromatic carbocycles. The van der Waals surface area contributed by atoms with Gasteiger partial charge in [-0.2, -0.15) is 18.3 Å². The van der Waals surface area contributed by atoms with Crippen LogP contribution in [0.25, 0.3) is 33.8 Å². The van der Waals surface area contributed by atoms with Crippen molar-refractivity contribution in [2.75, 3.05) is 6.26 Å². The van der Waals surface area contributed by atoms with E-state index in [1.54, 1.807) is 36.4 Å². The van der Waals surface area contributed by atoms with Gasteiger partial charge in [0.05, 0.1) is 16.9 Å². The van der Waals surface area contributed by atoms with E-state index in [1.165, 1.54) is 30.5 Å². The molecule has 4 rings (SSSR count). The number of benzene rings is 2. The number of furan rings is 1. The first-order valence-electron chi connectivity index (χ1n) is 8.75. The van der Waals surface area contributed by atoms with Crippen molar-refractivity contribution >= 4 is 9.84 Å². The summed E-state index contributed by atoms with van der Waals surface area (Å²) in [6.45, 7) is 0. The Hall–Kier alpha value is -3.33. The quantitative estimate of drug-likeness (QED) is 0.467. The highest BCUT2D eigenvalue weighted by Crippen LogP contribution is 2.42. The van der Waals surface area contributed by atoms with Crippen LogP contribution in [0.1, 0.15) is 5.56 Å². The SMILES string of the molecule is CS(=O)(=O)c1ccc(-c2[nH]nc(-c3ccc(-c4ccco4)cc3)c2C(F)(F)F)cc1. The molecule has 2 aromatic heterocycles. The molecule has 1 N–H and O–H groups in total. The van der Waals surface area contributed by atoms with Crippen LogP contribution < -0.4 is 0 Å². The van der Waals surface area contributed by atoms with Gasteiger partial charge in [-0.1, -0.05) is 36.4 Å². The Balaban J connectivity index is 1.78. The largest absolute Gasteiger partial charge is 0.464 e. The second-order valence-corrected chi connectivity index (χ2v) is 8.69. The third-order valence-electron chi connectivity index (χ3n) is 4.58. The van der Waals surface area contributed by atoms with Gasteiger partial charge in [0, 0.05) is 22.9 Å². The van der Waals surface area contributed by atoms with Gasteiger partial charge in [0.1, 0.15) is 17.0 Å². The normalized spacial score (nSPS) is 12.3. The summed E-state index contributed by atoms with van der Waals surface area (Å²) in [5, 5.41) is 6.36. The van der Waals surface area contributed by atoms with E-state index in [0.29, 0.717) is 5.76 Å². The number of aromatic nitrogens is 2. The number of sulfone groups is 1. The van der Waals surface area contributed by atoms with Crippen LogP contribution in [0.15, 0.2) is 76.2 Å². The van der Waals surface area contributed by atoms with Crippen LogP contribution >= 0.6 is 0 Å². The highest BCUT2D eigenvalue weighted by molar-refractivity contribution is 7.90. The van der Waals surface area contributed by atoms with Gasteiger partial charge < -0.3 is 4.42 Å². The smallest absolute Gasteiger partial charge is 0.420 e. The zero-order valence-electron chi connectivity index (χ0n) is 15.6. The van der Waals surface area contributed by atoms with Crippen LogP contribution in [0.5, 0.6) is 0 Å². The van der Waals surface area contributed by atoms with E-state index in [0.717, 1.165) is 11.8 Å². The molecule has 154 valence electrons. The van der Waals surface area contributed by atoms with E-state index >= 15 is 0 Å². The summed E-state index contributed by atoms with van der Waals surface area (Å²) in [5.74, 6) is 0.603. The monoisotopic (exact) mass is 432 g/mol. The maximum Gasteiger partial charge on any atom is 0.420 e. The van der Waals surface area contributed by atoms with Crippen LogP contribution in [0.2, 0.25) is 0 Å². The van der Waals surface area contributed by atoms with Crippen molar-refractivity contribution in [3.8, 4) is 33.8 Å². The maximum absolute atomic E-state index is 13.9. The molecule has 0 spiro atoms. The molecule has 0 aliphatic heterocycles. The molecule has 2 heterocycles. The van der Waals surface area contributed by atoms with Crippen molar-refractivity contribution in [1.82, 2.24) is 10.2 Å². The third-order valence-corrected chi connectivity index (χ3v) is 5.71. The van der Waals surface area contributed by atoms with Crippen LogP contribution in [-0.2, 0) is 16.0 Å². The Kier molecular flexibility index (Phi) is 4.77. The van der Waals surface area contributed by atoms with Gasteiger partial charge in [0.25, 0.3) is 0 Å². The number of hydrogen-bond acceptors (Lipinski definition) is 4. The predicted octanol–water partition coefficient (Wildman–Crippen LogP) is 5.43. The molecule has 0 radical (unpaired) electrons. The highest BCUT2D eigenvalue weighted by atomic mass is 32.2. The van der Waals surface area contributed by atoms with Gasteiger partial charge in [-0.25, -0.2) is 8.42 Å². The van der Waals surface area contributed by atoms with Crippen molar-refractivity contribution in [2.45, 2.75) is 11.1 Å². The van der Waals surface area contributed by atoms with Crippen molar-refractivity contribution in [1.29, 1.82) is 0 Å². The molecule has 0 atom stereocenters. The third kappa shape index (κ3) is 3.76. The summed E-state index contributed by atoms with van der Waals surface area (Å²) in [4.78, 5) is 0.0214. The first kappa shape index (κ1) is 20.0. The molecule has 0 aliphatic carbocycles. The molecule has 0 fully saturated rings. The van der Waals surface area contributed by atoms with Gasteiger partial charge in [-0.3, -0.25) is 5.10 Å². The molecule has 0 amide bonds. The van der Waals surface area contributed by atoms with E-state index < -0.39 is 21.6 Å². The number of nitrogens with one attached hydrogen (secondary N) is 1. The predicted molar refractivity (Wildman–Crippen MR) is 105 cm³/mol. The number of H-pyrrole nitrogens is 1. The van der Waals surface area contributed by atoms with Gasteiger partial charge in [0.2, 0.25) is 0 Å². The van der Waals surface area contributed by atoms with E-state index in [9.17, 15) is 21.6 Å². The summed E-state index contributed by atoms with van der Waals surface area (Å²) >= 11 is 0. The standard InChI is InChI=1S/C21H15F3N2O3S/c1-30(27,28)16-10-8-15(9-11-16)20-18(21(22,23)24)19(25-26-20)14-6-4-13(5-7-14)17-3-2-12-29-17/h2-12H,1H3,(H,25,26). The van der Waals surface area contributed by atoms with Crippen LogP contribution in [0.4, 0.5) is 13.2 Å². The molecular weight excluding hydrogens is 417 g/mol. The van der Waals surface area contributed by atoms with Gasteiger partial charge in [-0.15, -0.1) is 0 Å². The second kappa shape index (κ2) is 7.17. The molecule has 0 bridgehead atoms. The van der Waals surface area contributed by atoms with Crippen molar-refractivity contribution in [2.24, 2.45) is 0 Å². The number of halogens is 3. The summed E-state index contributed by atoms with van der Waals surface area (Å²) < 4.78 is 70.2. The fourth-order valence-corrected chi connectivity index (χ4v) is 3.77.